The van der Waals surface area contributed by atoms with E-state index in [9.17, 15) is 0 Å². The fourth-order valence-electron chi connectivity index (χ4n) is 2.41. The number of para-hydroxylation sites is 1. The Morgan fingerprint density at radius 2 is 1.68 bits per heavy atom. The third-order valence-electron chi connectivity index (χ3n) is 3.86. The molecular weight excluding hydrogens is 274 g/mol. The van der Waals surface area contributed by atoms with Gasteiger partial charge in [-0.15, -0.1) is 0 Å². The molecular formula is C19H25NO2. The van der Waals surface area contributed by atoms with Crippen LogP contribution in [-0.4, -0.2) is 20.3 Å². The Balaban J connectivity index is 1.78. The van der Waals surface area contributed by atoms with E-state index in [-0.39, 0.29) is 0 Å². The van der Waals surface area contributed by atoms with Crippen molar-refractivity contribution in [3.05, 3.63) is 59.7 Å². The zero-order valence-electron chi connectivity index (χ0n) is 13.6. The molecule has 0 fully saturated rings. The minimum absolute atomic E-state index is 0.451. The van der Waals surface area contributed by atoms with Crippen molar-refractivity contribution in [1.82, 2.24) is 5.32 Å². The lowest BCUT2D eigenvalue weighted by Crippen LogP contribution is -2.26. The van der Waals surface area contributed by atoms with Crippen LogP contribution in [0.5, 0.6) is 11.5 Å². The predicted octanol–water partition coefficient (Wildman–Crippen LogP) is 3.81. The molecule has 0 aliphatic rings. The van der Waals surface area contributed by atoms with Crippen LogP contribution in [-0.2, 0) is 13.0 Å². The molecule has 118 valence electrons. The average molecular weight is 299 g/mol. The van der Waals surface area contributed by atoms with Gasteiger partial charge in [-0.2, -0.15) is 0 Å². The maximum Gasteiger partial charge on any atom is 0.123 e. The largest absolute Gasteiger partial charge is 0.497 e. The molecule has 3 heteroatoms. The van der Waals surface area contributed by atoms with Crippen molar-refractivity contribution in [3.8, 4) is 11.5 Å². The first-order valence-electron chi connectivity index (χ1n) is 7.71. The molecule has 0 spiro atoms. The molecule has 0 bridgehead atoms. The highest BCUT2D eigenvalue weighted by molar-refractivity contribution is 5.33. The van der Waals surface area contributed by atoms with Gasteiger partial charge in [0.25, 0.3) is 0 Å². The van der Waals surface area contributed by atoms with Gasteiger partial charge in [0.2, 0.25) is 0 Å². The zero-order chi connectivity index (χ0) is 15.8. The van der Waals surface area contributed by atoms with Crippen molar-refractivity contribution < 1.29 is 9.47 Å². The lowest BCUT2D eigenvalue weighted by molar-refractivity contribution is 0.404. The van der Waals surface area contributed by atoms with Crippen LogP contribution in [0.4, 0.5) is 0 Å². The third kappa shape index (κ3) is 4.78. The fraction of sp³-hybridized carbons (Fsp3) is 0.368. The van der Waals surface area contributed by atoms with Crippen LogP contribution in [0, 0.1) is 0 Å². The molecule has 1 N–H and O–H groups in total. The minimum Gasteiger partial charge on any atom is -0.497 e. The lowest BCUT2D eigenvalue weighted by Gasteiger charge is -2.15. The fourth-order valence-corrected chi connectivity index (χ4v) is 2.41. The van der Waals surface area contributed by atoms with E-state index in [1.54, 1.807) is 14.2 Å². The molecule has 22 heavy (non-hydrogen) atoms. The van der Waals surface area contributed by atoms with Gasteiger partial charge in [0.15, 0.2) is 0 Å². The second kappa shape index (κ2) is 8.44. The summed E-state index contributed by atoms with van der Waals surface area (Å²) in [4.78, 5) is 0. The van der Waals surface area contributed by atoms with Crippen LogP contribution in [0.25, 0.3) is 0 Å². The summed E-state index contributed by atoms with van der Waals surface area (Å²) in [7, 11) is 3.41. The number of methoxy groups -OCH3 is 2. The second-order valence-corrected chi connectivity index (χ2v) is 5.48. The SMILES string of the molecule is COc1ccc(CC[C@H](C)NCc2ccccc2OC)cc1. The molecule has 0 heterocycles. The van der Waals surface area contributed by atoms with Crippen molar-refractivity contribution in [3.63, 3.8) is 0 Å². The van der Waals surface area contributed by atoms with E-state index in [1.807, 2.05) is 30.3 Å². The van der Waals surface area contributed by atoms with Gasteiger partial charge in [-0.1, -0.05) is 30.3 Å². The van der Waals surface area contributed by atoms with Gasteiger partial charge in [-0.05, 0) is 43.5 Å². The topological polar surface area (TPSA) is 30.5 Å². The smallest absolute Gasteiger partial charge is 0.123 e. The normalized spacial score (nSPS) is 12.0. The molecule has 0 aromatic heterocycles. The van der Waals surface area contributed by atoms with E-state index < -0.39 is 0 Å². The number of hydrogen-bond donors (Lipinski definition) is 1. The lowest BCUT2D eigenvalue weighted by atomic mass is 10.1. The van der Waals surface area contributed by atoms with Crippen LogP contribution in [0.3, 0.4) is 0 Å². The summed E-state index contributed by atoms with van der Waals surface area (Å²) in [5.74, 6) is 1.85. The van der Waals surface area contributed by atoms with Crippen molar-refractivity contribution in [2.24, 2.45) is 0 Å². The van der Waals surface area contributed by atoms with Gasteiger partial charge >= 0.3 is 0 Å². The van der Waals surface area contributed by atoms with Crippen LogP contribution < -0.4 is 14.8 Å². The van der Waals surface area contributed by atoms with Crippen molar-refractivity contribution in [2.75, 3.05) is 14.2 Å². The summed E-state index contributed by atoms with van der Waals surface area (Å²) in [6, 6.07) is 16.9. The Kier molecular flexibility index (Phi) is 6.28. The Bertz CT molecular complexity index is 566. The first kappa shape index (κ1) is 16.4. The van der Waals surface area contributed by atoms with Crippen LogP contribution in [0.2, 0.25) is 0 Å². The summed E-state index contributed by atoms with van der Waals surface area (Å²) in [5, 5.41) is 3.56. The van der Waals surface area contributed by atoms with Crippen LogP contribution in [0.15, 0.2) is 48.5 Å². The first-order chi connectivity index (χ1) is 10.7. The van der Waals surface area contributed by atoms with E-state index in [2.05, 4.69) is 30.4 Å². The van der Waals surface area contributed by atoms with Gasteiger partial charge in [-0.25, -0.2) is 0 Å². The highest BCUT2D eigenvalue weighted by atomic mass is 16.5. The molecule has 2 aromatic rings. The maximum absolute atomic E-state index is 5.38. The average Bonchev–Trinajstić information content (AvgIpc) is 2.58. The van der Waals surface area contributed by atoms with E-state index in [4.69, 9.17) is 9.47 Å². The number of hydrogen-bond acceptors (Lipinski definition) is 3. The number of nitrogens with one attached hydrogen (secondary N) is 1. The standard InChI is InChI=1S/C19H25NO2/c1-15(8-9-16-10-12-18(21-2)13-11-16)20-14-17-6-4-5-7-19(17)22-3/h4-7,10-13,15,20H,8-9,14H2,1-3H3/t15-/m0/s1. The van der Waals surface area contributed by atoms with Gasteiger partial charge in [0.05, 0.1) is 14.2 Å². The van der Waals surface area contributed by atoms with Crippen LogP contribution >= 0.6 is 0 Å². The number of aryl methyl sites for hydroxylation is 1. The van der Waals surface area contributed by atoms with Gasteiger partial charge in [0.1, 0.15) is 11.5 Å². The van der Waals surface area contributed by atoms with Crippen molar-refractivity contribution >= 4 is 0 Å². The van der Waals surface area contributed by atoms with E-state index in [1.165, 1.54) is 11.1 Å². The molecule has 0 unspecified atom stereocenters. The summed E-state index contributed by atoms with van der Waals surface area (Å²) in [6.07, 6.45) is 2.16. The minimum atomic E-state index is 0.451. The van der Waals surface area contributed by atoms with Gasteiger partial charge in [0, 0.05) is 18.2 Å². The Morgan fingerprint density at radius 1 is 0.955 bits per heavy atom. The molecule has 0 radical (unpaired) electrons. The molecule has 0 amide bonds. The van der Waals surface area contributed by atoms with Crippen LogP contribution in [0.1, 0.15) is 24.5 Å². The van der Waals surface area contributed by atoms with E-state index >= 15 is 0 Å². The van der Waals surface area contributed by atoms with Crippen molar-refractivity contribution in [1.29, 1.82) is 0 Å². The summed E-state index contributed by atoms with van der Waals surface area (Å²) < 4.78 is 10.6. The van der Waals surface area contributed by atoms with E-state index in [0.717, 1.165) is 30.9 Å². The first-order valence-corrected chi connectivity index (χ1v) is 7.71. The third-order valence-corrected chi connectivity index (χ3v) is 3.86. The van der Waals surface area contributed by atoms with Gasteiger partial charge in [-0.3, -0.25) is 0 Å². The Morgan fingerprint density at radius 3 is 2.36 bits per heavy atom. The van der Waals surface area contributed by atoms with E-state index in [0.29, 0.717) is 6.04 Å². The van der Waals surface area contributed by atoms with Crippen molar-refractivity contribution in [2.45, 2.75) is 32.4 Å². The highest BCUT2D eigenvalue weighted by Gasteiger charge is 2.05. The summed E-state index contributed by atoms with van der Waals surface area (Å²) in [5.41, 5.74) is 2.54. The van der Waals surface area contributed by atoms with Gasteiger partial charge < -0.3 is 14.8 Å². The second-order valence-electron chi connectivity index (χ2n) is 5.48. The molecule has 1 atom stereocenters. The molecule has 2 rings (SSSR count). The number of benzene rings is 2. The predicted molar refractivity (Wildman–Crippen MR) is 90.6 cm³/mol. The maximum atomic E-state index is 5.38. The molecule has 3 nitrogen and oxygen atoms in total. The molecule has 0 saturated carbocycles. The number of rotatable bonds is 8. The highest BCUT2D eigenvalue weighted by Crippen LogP contribution is 2.17. The Hall–Kier alpha value is -2.00. The summed E-state index contributed by atoms with van der Waals surface area (Å²) in [6.45, 7) is 3.05. The number of ether oxygens (including phenoxy) is 2. The monoisotopic (exact) mass is 299 g/mol. The Labute approximate surface area is 133 Å². The molecule has 2 aromatic carbocycles. The zero-order valence-corrected chi connectivity index (χ0v) is 13.6. The molecule has 0 saturated heterocycles. The molecule has 0 aliphatic heterocycles. The summed E-state index contributed by atoms with van der Waals surface area (Å²) >= 11 is 0. The molecule has 0 aliphatic carbocycles. The quantitative estimate of drug-likeness (QED) is 0.804.